The van der Waals surface area contributed by atoms with Gasteiger partial charge in [-0.25, -0.2) is 4.98 Å². The Morgan fingerprint density at radius 1 is 1.00 bits per heavy atom. The summed E-state index contributed by atoms with van der Waals surface area (Å²) in [6.07, 6.45) is 1.08. The number of likely N-dealkylation sites (N-methyl/N-ethyl adjacent to an activating group) is 1. The molecule has 0 saturated carbocycles. The molecule has 2 aromatic heterocycles. The Kier molecular flexibility index (Phi) is 4.87. The minimum atomic E-state index is 0.860. The first-order valence-corrected chi connectivity index (χ1v) is 9.95. The number of rotatable bonds is 4. The Labute approximate surface area is 161 Å². The fourth-order valence-electron chi connectivity index (χ4n) is 3.98. The molecular formula is C22H29N5. The van der Waals surface area contributed by atoms with Crippen molar-refractivity contribution in [3.8, 4) is 11.3 Å². The highest BCUT2D eigenvalue weighted by Crippen LogP contribution is 2.28. The average Bonchev–Trinajstić information content (AvgIpc) is 2.99. The normalized spacial score (nSPS) is 15.6. The molecule has 1 aromatic carbocycles. The van der Waals surface area contributed by atoms with Crippen LogP contribution in [-0.4, -0.2) is 52.9 Å². The summed E-state index contributed by atoms with van der Waals surface area (Å²) in [6, 6.07) is 11.0. The molecule has 0 bridgehead atoms. The Morgan fingerprint density at radius 2 is 1.70 bits per heavy atom. The van der Waals surface area contributed by atoms with Crippen molar-refractivity contribution in [1.29, 1.82) is 0 Å². The molecule has 0 unspecified atom stereocenters. The quantitative estimate of drug-likeness (QED) is 0.705. The van der Waals surface area contributed by atoms with Gasteiger partial charge in [-0.15, -0.1) is 0 Å². The van der Waals surface area contributed by atoms with Crippen molar-refractivity contribution in [2.75, 3.05) is 38.1 Å². The summed E-state index contributed by atoms with van der Waals surface area (Å²) >= 11 is 0. The number of piperazine rings is 1. The van der Waals surface area contributed by atoms with E-state index in [2.05, 4.69) is 72.6 Å². The fraction of sp³-hybridized carbons (Fsp3) is 0.455. The molecular weight excluding hydrogens is 334 g/mol. The number of hydrogen-bond donors (Lipinski definition) is 0. The Balaban J connectivity index is 1.64. The third-order valence-electron chi connectivity index (χ3n) is 5.63. The number of fused-ring (bicyclic) bond motifs is 1. The highest BCUT2D eigenvalue weighted by Gasteiger charge is 2.15. The zero-order valence-electron chi connectivity index (χ0n) is 16.9. The molecule has 0 spiro atoms. The monoisotopic (exact) mass is 363 g/mol. The lowest BCUT2D eigenvalue weighted by atomic mass is 10.1. The van der Waals surface area contributed by atoms with Crippen molar-refractivity contribution >= 4 is 16.7 Å². The number of aromatic nitrogens is 3. The molecule has 5 nitrogen and oxygen atoms in total. The second-order valence-electron chi connectivity index (χ2n) is 7.67. The van der Waals surface area contributed by atoms with Gasteiger partial charge in [0.05, 0.1) is 5.69 Å². The lowest BCUT2D eigenvalue weighted by Gasteiger charge is -2.34. The zero-order valence-corrected chi connectivity index (χ0v) is 16.9. The van der Waals surface area contributed by atoms with Gasteiger partial charge in [-0.1, -0.05) is 19.1 Å². The van der Waals surface area contributed by atoms with Gasteiger partial charge in [0.15, 0.2) is 5.65 Å². The van der Waals surface area contributed by atoms with E-state index in [1.54, 1.807) is 0 Å². The standard InChI is InChI=1S/C22H29N5/c1-5-10-27-17(3)21-16(2)15-20(23-22(21)24-27)18-6-8-19(9-7-18)26-13-11-25(4)12-14-26/h6-9,15H,5,10-14H2,1-4H3. The Bertz CT molecular complexity index is 933. The van der Waals surface area contributed by atoms with Crippen LogP contribution in [0.5, 0.6) is 0 Å². The van der Waals surface area contributed by atoms with Crippen LogP contribution < -0.4 is 4.90 Å². The van der Waals surface area contributed by atoms with Gasteiger partial charge < -0.3 is 9.80 Å². The van der Waals surface area contributed by atoms with Gasteiger partial charge in [0.1, 0.15) is 0 Å². The van der Waals surface area contributed by atoms with Crippen molar-refractivity contribution in [2.24, 2.45) is 0 Å². The van der Waals surface area contributed by atoms with Crippen LogP contribution in [-0.2, 0) is 6.54 Å². The second kappa shape index (κ2) is 7.31. The molecule has 0 aliphatic carbocycles. The van der Waals surface area contributed by atoms with E-state index in [1.165, 1.54) is 22.3 Å². The van der Waals surface area contributed by atoms with E-state index in [4.69, 9.17) is 10.1 Å². The van der Waals surface area contributed by atoms with E-state index in [1.807, 2.05) is 0 Å². The molecule has 0 radical (unpaired) electrons. The van der Waals surface area contributed by atoms with E-state index in [-0.39, 0.29) is 0 Å². The van der Waals surface area contributed by atoms with Crippen LogP contribution in [0.4, 0.5) is 5.69 Å². The van der Waals surface area contributed by atoms with Crippen molar-refractivity contribution in [3.05, 3.63) is 41.6 Å². The molecule has 1 aliphatic rings. The third kappa shape index (κ3) is 3.44. The summed E-state index contributed by atoms with van der Waals surface area (Å²) < 4.78 is 2.09. The topological polar surface area (TPSA) is 37.2 Å². The number of nitrogens with zero attached hydrogens (tertiary/aromatic N) is 5. The molecule has 0 amide bonds. The van der Waals surface area contributed by atoms with Gasteiger partial charge >= 0.3 is 0 Å². The molecule has 0 atom stereocenters. The lowest BCUT2D eigenvalue weighted by molar-refractivity contribution is 0.313. The predicted molar refractivity (Wildman–Crippen MR) is 112 cm³/mol. The molecule has 1 fully saturated rings. The first kappa shape index (κ1) is 18.0. The van der Waals surface area contributed by atoms with Crippen molar-refractivity contribution in [2.45, 2.75) is 33.7 Å². The lowest BCUT2D eigenvalue weighted by Crippen LogP contribution is -2.44. The van der Waals surface area contributed by atoms with Crippen LogP contribution >= 0.6 is 0 Å². The number of hydrogen-bond acceptors (Lipinski definition) is 4. The van der Waals surface area contributed by atoms with E-state index in [9.17, 15) is 0 Å². The first-order chi connectivity index (χ1) is 13.1. The van der Waals surface area contributed by atoms with Gasteiger partial charge in [0.2, 0.25) is 0 Å². The van der Waals surface area contributed by atoms with E-state index < -0.39 is 0 Å². The zero-order chi connectivity index (χ0) is 19.0. The summed E-state index contributed by atoms with van der Waals surface area (Å²) in [4.78, 5) is 9.71. The molecule has 4 rings (SSSR count). The maximum Gasteiger partial charge on any atom is 0.182 e. The summed E-state index contributed by atoms with van der Waals surface area (Å²) in [7, 11) is 2.19. The summed E-state index contributed by atoms with van der Waals surface area (Å²) in [5, 5.41) is 5.94. The van der Waals surface area contributed by atoms with Crippen LogP contribution in [0.2, 0.25) is 0 Å². The fourth-order valence-corrected chi connectivity index (χ4v) is 3.98. The van der Waals surface area contributed by atoms with E-state index in [0.717, 1.165) is 56.0 Å². The third-order valence-corrected chi connectivity index (χ3v) is 5.63. The molecule has 27 heavy (non-hydrogen) atoms. The molecule has 3 aromatic rings. The van der Waals surface area contributed by atoms with Crippen molar-refractivity contribution < 1.29 is 0 Å². The van der Waals surface area contributed by atoms with Crippen molar-refractivity contribution in [1.82, 2.24) is 19.7 Å². The van der Waals surface area contributed by atoms with Crippen molar-refractivity contribution in [3.63, 3.8) is 0 Å². The van der Waals surface area contributed by atoms with Gasteiger partial charge in [-0.05, 0) is 51.1 Å². The summed E-state index contributed by atoms with van der Waals surface area (Å²) in [5.41, 5.74) is 6.78. The van der Waals surface area contributed by atoms with Gasteiger partial charge in [0, 0.05) is 55.1 Å². The highest BCUT2D eigenvalue weighted by atomic mass is 15.3. The van der Waals surface area contributed by atoms with Crippen LogP contribution in [0.25, 0.3) is 22.3 Å². The van der Waals surface area contributed by atoms with Crippen LogP contribution in [0.3, 0.4) is 0 Å². The molecule has 5 heteroatoms. The Morgan fingerprint density at radius 3 is 2.37 bits per heavy atom. The van der Waals surface area contributed by atoms with E-state index in [0.29, 0.717) is 0 Å². The van der Waals surface area contributed by atoms with E-state index >= 15 is 0 Å². The maximum atomic E-state index is 4.87. The number of benzene rings is 1. The van der Waals surface area contributed by atoms with Crippen LogP contribution in [0.1, 0.15) is 24.6 Å². The second-order valence-corrected chi connectivity index (χ2v) is 7.67. The Hall–Kier alpha value is -2.40. The van der Waals surface area contributed by atoms with Gasteiger partial charge in [0.25, 0.3) is 0 Å². The smallest absolute Gasteiger partial charge is 0.182 e. The number of aryl methyl sites for hydroxylation is 3. The summed E-state index contributed by atoms with van der Waals surface area (Å²) in [6.45, 7) is 11.9. The van der Waals surface area contributed by atoms with Crippen LogP contribution in [0.15, 0.2) is 30.3 Å². The first-order valence-electron chi connectivity index (χ1n) is 9.95. The molecule has 3 heterocycles. The number of anilines is 1. The number of pyridine rings is 1. The minimum absolute atomic E-state index is 0.860. The molecule has 1 aliphatic heterocycles. The highest BCUT2D eigenvalue weighted by molar-refractivity contribution is 5.84. The maximum absolute atomic E-state index is 4.87. The average molecular weight is 364 g/mol. The molecule has 142 valence electrons. The summed E-state index contributed by atoms with van der Waals surface area (Å²) in [5.74, 6) is 0. The molecule has 1 saturated heterocycles. The minimum Gasteiger partial charge on any atom is -0.369 e. The largest absolute Gasteiger partial charge is 0.369 e. The van der Waals surface area contributed by atoms with Crippen LogP contribution in [0, 0.1) is 13.8 Å². The SMILES string of the molecule is CCCn1nc2nc(-c3ccc(N4CCN(C)CC4)cc3)cc(C)c2c1C. The van der Waals surface area contributed by atoms with Gasteiger partial charge in [-0.2, -0.15) is 5.10 Å². The predicted octanol–water partition coefficient (Wildman–Crippen LogP) is 3.88. The van der Waals surface area contributed by atoms with Gasteiger partial charge in [-0.3, -0.25) is 4.68 Å². The molecule has 0 N–H and O–H groups in total.